The number of nitrogens with one attached hydrogen (secondary N) is 1. The smallest absolute Gasteiger partial charge is 0.237 e. The number of thioether (sulfide) groups is 1. The number of thiazole rings is 1. The first-order chi connectivity index (χ1) is 9.70. The molecule has 0 fully saturated rings. The summed E-state index contributed by atoms with van der Waals surface area (Å²) in [6, 6.07) is 7.44. The third kappa shape index (κ3) is 3.98. The lowest BCUT2D eigenvalue weighted by molar-refractivity contribution is -0.115. The van der Waals surface area contributed by atoms with Crippen LogP contribution in [0.5, 0.6) is 5.75 Å². The maximum atomic E-state index is 12.2. The Labute approximate surface area is 126 Å². The largest absolute Gasteiger partial charge is 0.492 e. The molecule has 1 amide bonds. The second-order valence-corrected chi connectivity index (χ2v) is 6.46. The summed E-state index contributed by atoms with van der Waals surface area (Å²) in [4.78, 5) is 16.4. The van der Waals surface area contributed by atoms with Gasteiger partial charge in [0.1, 0.15) is 5.75 Å². The molecule has 0 radical (unpaired) electrons. The van der Waals surface area contributed by atoms with E-state index in [9.17, 15) is 4.79 Å². The molecule has 1 aromatic carbocycles. The van der Waals surface area contributed by atoms with Gasteiger partial charge in [-0.1, -0.05) is 23.9 Å². The van der Waals surface area contributed by atoms with Crippen LogP contribution in [-0.4, -0.2) is 22.7 Å². The standard InChI is InChI=1S/C14H16N2O2S2/c1-3-18-12-7-5-4-6-11(12)16-13(17)10(2)20-14-15-8-9-19-14/h4-10H,3H2,1-2H3,(H,16,17). The Kier molecular flexibility index (Phi) is 5.43. The first-order valence-corrected chi connectivity index (χ1v) is 8.05. The summed E-state index contributed by atoms with van der Waals surface area (Å²) in [5.41, 5.74) is 0.700. The Hall–Kier alpha value is -1.53. The Morgan fingerprint density at radius 3 is 3.00 bits per heavy atom. The van der Waals surface area contributed by atoms with Crippen LogP contribution >= 0.6 is 23.1 Å². The summed E-state index contributed by atoms with van der Waals surface area (Å²) in [5, 5.41) is 4.59. The summed E-state index contributed by atoms with van der Waals surface area (Å²) in [5.74, 6) is 0.632. The fourth-order valence-electron chi connectivity index (χ4n) is 1.56. The zero-order chi connectivity index (χ0) is 14.4. The van der Waals surface area contributed by atoms with E-state index in [1.54, 1.807) is 6.20 Å². The molecule has 0 aliphatic rings. The van der Waals surface area contributed by atoms with Crippen molar-refractivity contribution < 1.29 is 9.53 Å². The van der Waals surface area contributed by atoms with Crippen molar-refractivity contribution in [2.75, 3.05) is 11.9 Å². The highest BCUT2D eigenvalue weighted by Crippen LogP contribution is 2.28. The Bertz CT molecular complexity index is 558. The van der Waals surface area contributed by atoms with Crippen molar-refractivity contribution in [2.24, 2.45) is 0 Å². The zero-order valence-corrected chi connectivity index (χ0v) is 13.0. The van der Waals surface area contributed by atoms with Gasteiger partial charge in [0.05, 0.1) is 17.5 Å². The van der Waals surface area contributed by atoms with Crippen LogP contribution in [-0.2, 0) is 4.79 Å². The fraction of sp³-hybridized carbons (Fsp3) is 0.286. The molecule has 0 saturated carbocycles. The highest BCUT2D eigenvalue weighted by atomic mass is 32.2. The molecule has 2 rings (SSSR count). The number of anilines is 1. The predicted molar refractivity (Wildman–Crippen MR) is 83.7 cm³/mol. The summed E-state index contributed by atoms with van der Waals surface area (Å²) in [6.07, 6.45) is 1.74. The lowest BCUT2D eigenvalue weighted by Crippen LogP contribution is -2.22. The van der Waals surface area contributed by atoms with E-state index in [-0.39, 0.29) is 11.2 Å². The first-order valence-electron chi connectivity index (χ1n) is 6.29. The molecule has 0 bridgehead atoms. The van der Waals surface area contributed by atoms with Crippen LogP contribution in [0.1, 0.15) is 13.8 Å². The van der Waals surface area contributed by atoms with Crippen molar-refractivity contribution in [3.8, 4) is 5.75 Å². The minimum Gasteiger partial charge on any atom is -0.492 e. The van der Waals surface area contributed by atoms with Crippen molar-refractivity contribution in [3.05, 3.63) is 35.8 Å². The minimum atomic E-state index is -0.212. The number of aromatic nitrogens is 1. The number of nitrogens with zero attached hydrogens (tertiary/aromatic N) is 1. The van der Waals surface area contributed by atoms with Gasteiger partial charge in [0.2, 0.25) is 5.91 Å². The summed E-state index contributed by atoms with van der Waals surface area (Å²) in [6.45, 7) is 4.35. The van der Waals surface area contributed by atoms with E-state index in [1.165, 1.54) is 23.1 Å². The van der Waals surface area contributed by atoms with Gasteiger partial charge in [-0.3, -0.25) is 4.79 Å². The van der Waals surface area contributed by atoms with Crippen LogP contribution in [0, 0.1) is 0 Å². The highest BCUT2D eigenvalue weighted by Gasteiger charge is 2.17. The molecule has 4 nitrogen and oxygen atoms in total. The molecule has 0 aliphatic heterocycles. The van der Waals surface area contributed by atoms with Crippen LogP contribution < -0.4 is 10.1 Å². The highest BCUT2D eigenvalue weighted by molar-refractivity contribution is 8.02. The lowest BCUT2D eigenvalue weighted by atomic mass is 10.3. The number of benzene rings is 1. The fourth-order valence-corrected chi connectivity index (χ4v) is 3.33. The van der Waals surface area contributed by atoms with Crippen molar-refractivity contribution in [1.29, 1.82) is 0 Å². The molecule has 1 atom stereocenters. The van der Waals surface area contributed by atoms with Gasteiger partial charge >= 0.3 is 0 Å². The lowest BCUT2D eigenvalue weighted by Gasteiger charge is -2.13. The van der Waals surface area contributed by atoms with E-state index in [0.29, 0.717) is 18.0 Å². The van der Waals surface area contributed by atoms with Gasteiger partial charge in [0.25, 0.3) is 0 Å². The molecule has 1 N–H and O–H groups in total. The number of carbonyl (C=O) groups excluding carboxylic acids is 1. The normalized spacial score (nSPS) is 11.9. The molecular formula is C14H16N2O2S2. The number of carbonyl (C=O) groups is 1. The average Bonchev–Trinajstić information content (AvgIpc) is 2.94. The van der Waals surface area contributed by atoms with E-state index < -0.39 is 0 Å². The van der Waals surface area contributed by atoms with Crippen LogP contribution in [0.2, 0.25) is 0 Å². The average molecular weight is 308 g/mol. The molecular weight excluding hydrogens is 292 g/mol. The van der Waals surface area contributed by atoms with Gasteiger partial charge in [-0.25, -0.2) is 4.98 Å². The van der Waals surface area contributed by atoms with Crippen molar-refractivity contribution >= 4 is 34.7 Å². The van der Waals surface area contributed by atoms with Gasteiger partial charge in [-0.2, -0.15) is 0 Å². The predicted octanol–water partition coefficient (Wildman–Crippen LogP) is 3.66. The SMILES string of the molecule is CCOc1ccccc1NC(=O)C(C)Sc1nccs1. The van der Waals surface area contributed by atoms with Crippen molar-refractivity contribution in [1.82, 2.24) is 4.98 Å². The second-order valence-electron chi connectivity index (χ2n) is 3.98. The van der Waals surface area contributed by atoms with E-state index in [4.69, 9.17) is 4.74 Å². The first kappa shape index (κ1) is 14.9. The molecule has 0 aliphatic carbocycles. The van der Waals surface area contributed by atoms with Crippen molar-refractivity contribution in [3.63, 3.8) is 0 Å². The number of para-hydroxylation sites is 2. The third-order valence-corrected chi connectivity index (χ3v) is 4.52. The molecule has 0 saturated heterocycles. The van der Waals surface area contributed by atoms with Crippen LogP contribution in [0.4, 0.5) is 5.69 Å². The Morgan fingerprint density at radius 1 is 1.50 bits per heavy atom. The van der Waals surface area contributed by atoms with Gasteiger partial charge in [0, 0.05) is 11.6 Å². The van der Waals surface area contributed by atoms with E-state index in [1.807, 2.05) is 43.5 Å². The minimum absolute atomic E-state index is 0.0580. The third-order valence-electron chi connectivity index (χ3n) is 2.50. The monoisotopic (exact) mass is 308 g/mol. The molecule has 1 unspecified atom stereocenters. The van der Waals surface area contributed by atoms with Gasteiger partial charge < -0.3 is 10.1 Å². The van der Waals surface area contributed by atoms with Crippen LogP contribution in [0.3, 0.4) is 0 Å². The Morgan fingerprint density at radius 2 is 2.30 bits per heavy atom. The maximum Gasteiger partial charge on any atom is 0.237 e. The molecule has 1 heterocycles. The number of ether oxygens (including phenoxy) is 1. The van der Waals surface area contributed by atoms with Crippen LogP contribution in [0.15, 0.2) is 40.2 Å². The molecule has 20 heavy (non-hydrogen) atoms. The van der Waals surface area contributed by atoms with Gasteiger partial charge in [0.15, 0.2) is 4.34 Å². The van der Waals surface area contributed by atoms with Crippen molar-refractivity contribution in [2.45, 2.75) is 23.4 Å². The maximum absolute atomic E-state index is 12.2. The van der Waals surface area contributed by atoms with Gasteiger partial charge in [-0.05, 0) is 26.0 Å². The molecule has 106 valence electrons. The van der Waals surface area contributed by atoms with E-state index in [0.717, 1.165) is 4.34 Å². The number of amides is 1. The van der Waals surface area contributed by atoms with E-state index >= 15 is 0 Å². The van der Waals surface area contributed by atoms with E-state index in [2.05, 4.69) is 10.3 Å². The summed E-state index contributed by atoms with van der Waals surface area (Å²) in [7, 11) is 0. The second kappa shape index (κ2) is 7.31. The Balaban J connectivity index is 2.00. The summed E-state index contributed by atoms with van der Waals surface area (Å²) >= 11 is 2.98. The number of hydrogen-bond acceptors (Lipinski definition) is 5. The molecule has 1 aromatic heterocycles. The molecule has 0 spiro atoms. The topological polar surface area (TPSA) is 51.2 Å². The zero-order valence-electron chi connectivity index (χ0n) is 11.3. The molecule has 6 heteroatoms. The number of hydrogen-bond donors (Lipinski definition) is 1. The van der Waals surface area contributed by atoms with Crippen LogP contribution in [0.25, 0.3) is 0 Å². The van der Waals surface area contributed by atoms with Gasteiger partial charge in [-0.15, -0.1) is 11.3 Å². The number of rotatable bonds is 6. The summed E-state index contributed by atoms with van der Waals surface area (Å²) < 4.78 is 6.39. The molecule has 2 aromatic rings. The quantitative estimate of drug-likeness (QED) is 0.827.